The average Bonchev–Trinajstić information content (AvgIpc) is 2.19. The van der Waals surface area contributed by atoms with E-state index < -0.39 is 5.97 Å². The largest absolute Gasteiger partial charge is 0.480 e. The van der Waals surface area contributed by atoms with Gasteiger partial charge in [0.25, 0.3) is 0 Å². The predicted molar refractivity (Wildman–Crippen MR) is 59.6 cm³/mol. The molecule has 3 nitrogen and oxygen atoms in total. The van der Waals surface area contributed by atoms with Gasteiger partial charge in [0, 0.05) is 0 Å². The van der Waals surface area contributed by atoms with Crippen molar-refractivity contribution in [3.8, 4) is 0 Å². The maximum absolute atomic E-state index is 10.8. The predicted octanol–water partition coefficient (Wildman–Crippen LogP) is 2.07. The molecular weight excluding hydrogens is 198 g/mol. The van der Waals surface area contributed by atoms with Gasteiger partial charge in [-0.1, -0.05) is 26.2 Å². The van der Waals surface area contributed by atoms with Crippen molar-refractivity contribution in [2.24, 2.45) is 0 Å². The molecule has 1 saturated heterocycles. The molecule has 14 heavy (non-hydrogen) atoms. The Bertz CT molecular complexity index is 187. The minimum absolute atomic E-state index is 0.317. The number of carboxylic acid groups (broad SMARTS) is 1. The molecule has 1 aliphatic rings. The van der Waals surface area contributed by atoms with E-state index >= 15 is 0 Å². The van der Waals surface area contributed by atoms with Crippen LogP contribution < -0.4 is 5.32 Å². The fraction of sp³-hybridized carbons (Fsp3) is 0.900. The number of nitrogens with one attached hydrogen (secondary N) is 1. The molecule has 0 spiro atoms. The van der Waals surface area contributed by atoms with E-state index in [0.717, 1.165) is 18.6 Å². The van der Waals surface area contributed by atoms with Crippen molar-refractivity contribution in [3.05, 3.63) is 0 Å². The topological polar surface area (TPSA) is 49.3 Å². The highest BCUT2D eigenvalue weighted by Crippen LogP contribution is 2.22. The van der Waals surface area contributed by atoms with Crippen LogP contribution in [0.4, 0.5) is 0 Å². The molecule has 0 aromatic rings. The van der Waals surface area contributed by atoms with E-state index in [1.165, 1.54) is 19.3 Å². The van der Waals surface area contributed by atoms with Crippen molar-refractivity contribution < 1.29 is 9.90 Å². The lowest BCUT2D eigenvalue weighted by atomic mass is 10.1. The van der Waals surface area contributed by atoms with Gasteiger partial charge in [0.05, 0.1) is 5.37 Å². The lowest BCUT2D eigenvalue weighted by Crippen LogP contribution is -2.45. The number of carboxylic acids is 1. The molecule has 0 radical (unpaired) electrons. The van der Waals surface area contributed by atoms with Gasteiger partial charge >= 0.3 is 5.97 Å². The maximum atomic E-state index is 10.8. The number of hydrogen-bond donors (Lipinski definition) is 2. The molecule has 0 aliphatic carbocycles. The second-order valence-corrected chi connectivity index (χ2v) is 5.01. The van der Waals surface area contributed by atoms with Crippen LogP contribution in [0.15, 0.2) is 0 Å². The summed E-state index contributed by atoms with van der Waals surface area (Å²) in [6.45, 7) is 2.18. The van der Waals surface area contributed by atoms with Crippen molar-refractivity contribution in [3.63, 3.8) is 0 Å². The summed E-state index contributed by atoms with van der Waals surface area (Å²) < 4.78 is 0. The molecular formula is C10H19NO2S. The summed E-state index contributed by atoms with van der Waals surface area (Å²) in [5, 5.41) is 12.4. The van der Waals surface area contributed by atoms with Gasteiger partial charge in [-0.25, -0.2) is 0 Å². The zero-order valence-electron chi connectivity index (χ0n) is 8.66. The van der Waals surface area contributed by atoms with Gasteiger partial charge in [0.2, 0.25) is 0 Å². The molecule has 0 bridgehead atoms. The molecule has 0 saturated carbocycles. The van der Waals surface area contributed by atoms with Crippen molar-refractivity contribution in [2.75, 3.05) is 5.75 Å². The Kier molecular flexibility index (Phi) is 5.33. The first-order valence-electron chi connectivity index (χ1n) is 5.34. The van der Waals surface area contributed by atoms with Crippen LogP contribution >= 0.6 is 11.8 Å². The van der Waals surface area contributed by atoms with E-state index in [2.05, 4.69) is 12.2 Å². The molecule has 1 heterocycles. The summed E-state index contributed by atoms with van der Waals surface area (Å²) in [6, 6.07) is -0.317. The molecule has 0 aromatic heterocycles. The van der Waals surface area contributed by atoms with E-state index in [4.69, 9.17) is 5.11 Å². The molecule has 2 N–H and O–H groups in total. The Balaban J connectivity index is 2.22. The third-order valence-electron chi connectivity index (χ3n) is 2.48. The molecule has 2 atom stereocenters. The maximum Gasteiger partial charge on any atom is 0.320 e. The minimum Gasteiger partial charge on any atom is -0.480 e. The van der Waals surface area contributed by atoms with Gasteiger partial charge in [-0.3, -0.25) is 10.1 Å². The second-order valence-electron chi connectivity index (χ2n) is 3.70. The summed E-state index contributed by atoms with van der Waals surface area (Å²) in [7, 11) is 0. The van der Waals surface area contributed by atoms with Gasteiger partial charge in [-0.2, -0.15) is 0 Å². The lowest BCUT2D eigenvalue weighted by Gasteiger charge is -2.28. The van der Waals surface area contributed by atoms with E-state index in [1.54, 1.807) is 0 Å². The number of thioether (sulfide) groups is 1. The van der Waals surface area contributed by atoms with Crippen LogP contribution in [0.1, 0.15) is 39.0 Å². The van der Waals surface area contributed by atoms with E-state index in [1.807, 2.05) is 11.8 Å². The summed E-state index contributed by atoms with van der Waals surface area (Å²) >= 11 is 1.86. The number of carbonyl (C=O) groups is 1. The standard InChI is InChI=1S/C10H19NO2S/c1-2-3-4-5-9-11-8(10(12)13)6-7-14-9/h8-9,11H,2-7H2,1H3,(H,12,13). The Morgan fingerprint density at radius 1 is 1.57 bits per heavy atom. The summed E-state index contributed by atoms with van der Waals surface area (Å²) in [5.74, 6) is 0.270. The fourth-order valence-corrected chi connectivity index (χ4v) is 2.88. The Morgan fingerprint density at radius 2 is 2.36 bits per heavy atom. The van der Waals surface area contributed by atoms with Crippen molar-refractivity contribution >= 4 is 17.7 Å². The highest BCUT2D eigenvalue weighted by Gasteiger charge is 2.25. The average molecular weight is 217 g/mol. The summed E-state index contributed by atoms with van der Waals surface area (Å²) in [6.07, 6.45) is 5.52. The second kappa shape index (κ2) is 6.30. The highest BCUT2D eigenvalue weighted by atomic mass is 32.2. The van der Waals surface area contributed by atoms with Gasteiger partial charge in [-0.15, -0.1) is 11.8 Å². The number of rotatable bonds is 5. The normalized spacial score (nSPS) is 27.5. The van der Waals surface area contributed by atoms with Crippen LogP contribution in [-0.4, -0.2) is 28.2 Å². The van der Waals surface area contributed by atoms with Crippen LogP contribution in [0.25, 0.3) is 0 Å². The number of unbranched alkanes of at least 4 members (excludes halogenated alkanes) is 2. The van der Waals surface area contributed by atoms with E-state index in [9.17, 15) is 4.79 Å². The van der Waals surface area contributed by atoms with Crippen LogP contribution in [0, 0.1) is 0 Å². The van der Waals surface area contributed by atoms with Crippen LogP contribution in [0.2, 0.25) is 0 Å². The van der Waals surface area contributed by atoms with Gasteiger partial charge in [0.1, 0.15) is 6.04 Å². The zero-order valence-corrected chi connectivity index (χ0v) is 9.48. The number of hydrogen-bond acceptors (Lipinski definition) is 3. The van der Waals surface area contributed by atoms with Gasteiger partial charge in [-0.05, 0) is 18.6 Å². The first kappa shape index (κ1) is 11.9. The zero-order chi connectivity index (χ0) is 10.4. The monoisotopic (exact) mass is 217 g/mol. The minimum atomic E-state index is -0.703. The smallest absolute Gasteiger partial charge is 0.320 e. The summed E-state index contributed by atoms with van der Waals surface area (Å²) in [5.41, 5.74) is 0. The lowest BCUT2D eigenvalue weighted by molar-refractivity contribution is -0.139. The van der Waals surface area contributed by atoms with Crippen molar-refractivity contribution in [1.29, 1.82) is 0 Å². The van der Waals surface area contributed by atoms with E-state index in [0.29, 0.717) is 5.37 Å². The van der Waals surface area contributed by atoms with Crippen molar-refractivity contribution in [2.45, 2.75) is 50.4 Å². The molecule has 4 heteroatoms. The van der Waals surface area contributed by atoms with Crippen LogP contribution in [0.5, 0.6) is 0 Å². The molecule has 1 fully saturated rings. The van der Waals surface area contributed by atoms with E-state index in [-0.39, 0.29) is 6.04 Å². The molecule has 1 rings (SSSR count). The Hall–Kier alpha value is -0.220. The number of aliphatic carboxylic acids is 1. The third kappa shape index (κ3) is 3.88. The third-order valence-corrected chi connectivity index (χ3v) is 3.73. The molecule has 0 aromatic carbocycles. The van der Waals surface area contributed by atoms with Crippen LogP contribution in [-0.2, 0) is 4.79 Å². The van der Waals surface area contributed by atoms with Gasteiger partial charge < -0.3 is 5.11 Å². The Labute approximate surface area is 89.6 Å². The molecule has 1 aliphatic heterocycles. The van der Waals surface area contributed by atoms with Crippen molar-refractivity contribution in [1.82, 2.24) is 5.32 Å². The first-order chi connectivity index (χ1) is 6.74. The van der Waals surface area contributed by atoms with Crippen LogP contribution in [0.3, 0.4) is 0 Å². The quantitative estimate of drug-likeness (QED) is 0.692. The highest BCUT2D eigenvalue weighted by molar-refractivity contribution is 7.99. The molecule has 82 valence electrons. The Morgan fingerprint density at radius 3 is 3.00 bits per heavy atom. The molecule has 0 amide bonds. The first-order valence-corrected chi connectivity index (χ1v) is 6.39. The molecule has 2 unspecified atom stereocenters. The fourth-order valence-electron chi connectivity index (χ4n) is 1.63. The van der Waals surface area contributed by atoms with Gasteiger partial charge in [0.15, 0.2) is 0 Å². The SMILES string of the molecule is CCCCCC1NC(C(=O)O)CCS1. The summed E-state index contributed by atoms with van der Waals surface area (Å²) in [4.78, 5) is 10.8.